The summed E-state index contributed by atoms with van der Waals surface area (Å²) >= 11 is 1.90. The number of amides is 1. The zero-order valence-corrected chi connectivity index (χ0v) is 17.9. The number of para-hydroxylation sites is 2. The standard InChI is InChI=1S/C25H26N2O2S/c1-2-29-22-14-8-7-13-21(22)27-25(28)24(18-10-4-3-5-11-18)26-20-16-17-30-23-15-9-6-12-19(20)23/h3-15,20,24,26H,2,16-17H2,1H3,(H,27,28)/p+1/t20-,24-/m0/s1. The Morgan fingerprint density at radius 2 is 1.80 bits per heavy atom. The number of benzene rings is 3. The summed E-state index contributed by atoms with van der Waals surface area (Å²) in [4.78, 5) is 14.8. The van der Waals surface area contributed by atoms with Crippen LogP contribution in [0.3, 0.4) is 0 Å². The number of quaternary nitrogens is 1. The van der Waals surface area contributed by atoms with E-state index in [-0.39, 0.29) is 18.0 Å². The molecule has 0 aromatic heterocycles. The molecule has 0 spiro atoms. The van der Waals surface area contributed by atoms with Gasteiger partial charge in [0.15, 0.2) is 6.04 Å². The van der Waals surface area contributed by atoms with Gasteiger partial charge in [-0.3, -0.25) is 4.79 Å². The zero-order chi connectivity index (χ0) is 20.8. The van der Waals surface area contributed by atoms with Gasteiger partial charge in [0, 0.05) is 28.2 Å². The van der Waals surface area contributed by atoms with Gasteiger partial charge in [-0.2, -0.15) is 0 Å². The molecule has 0 saturated heterocycles. The third kappa shape index (κ3) is 4.69. The fraction of sp³-hybridized carbons (Fsp3) is 0.240. The number of ether oxygens (including phenoxy) is 1. The van der Waals surface area contributed by atoms with Gasteiger partial charge < -0.3 is 15.4 Å². The molecule has 0 bridgehead atoms. The van der Waals surface area contributed by atoms with Gasteiger partial charge >= 0.3 is 0 Å². The average Bonchev–Trinajstić information content (AvgIpc) is 2.79. The van der Waals surface area contributed by atoms with Gasteiger partial charge in [0.25, 0.3) is 5.91 Å². The molecule has 3 aromatic rings. The van der Waals surface area contributed by atoms with Gasteiger partial charge in [0.05, 0.1) is 12.3 Å². The van der Waals surface area contributed by atoms with Crippen molar-refractivity contribution in [3.63, 3.8) is 0 Å². The van der Waals surface area contributed by atoms with Gasteiger partial charge in [0.1, 0.15) is 11.8 Å². The highest BCUT2D eigenvalue weighted by Gasteiger charge is 2.32. The summed E-state index contributed by atoms with van der Waals surface area (Å²) in [7, 11) is 0. The number of hydrogen-bond donors (Lipinski definition) is 2. The molecule has 0 aliphatic carbocycles. The molecule has 0 fully saturated rings. The molecular formula is C25H27N2O2S+. The first kappa shape index (κ1) is 20.5. The Bertz CT molecular complexity index is 993. The second-order valence-electron chi connectivity index (χ2n) is 7.28. The summed E-state index contributed by atoms with van der Waals surface area (Å²) in [5.41, 5.74) is 3.02. The van der Waals surface area contributed by atoms with Crippen LogP contribution < -0.4 is 15.4 Å². The minimum atomic E-state index is -0.345. The largest absolute Gasteiger partial charge is 0.492 e. The van der Waals surface area contributed by atoms with Crippen LogP contribution in [-0.2, 0) is 4.79 Å². The summed E-state index contributed by atoms with van der Waals surface area (Å²) in [6.07, 6.45) is 1.04. The molecule has 5 heteroatoms. The quantitative estimate of drug-likeness (QED) is 0.590. The molecule has 0 radical (unpaired) electrons. The molecule has 1 amide bonds. The summed E-state index contributed by atoms with van der Waals surface area (Å²) in [6, 6.07) is 26.0. The van der Waals surface area contributed by atoms with Crippen LogP contribution in [0.1, 0.15) is 36.6 Å². The van der Waals surface area contributed by atoms with Crippen molar-refractivity contribution >= 4 is 23.4 Å². The van der Waals surface area contributed by atoms with E-state index in [2.05, 4.69) is 34.9 Å². The summed E-state index contributed by atoms with van der Waals surface area (Å²) < 4.78 is 5.69. The molecule has 1 aliphatic heterocycles. The maximum atomic E-state index is 13.5. The van der Waals surface area contributed by atoms with Crippen LogP contribution in [0.5, 0.6) is 5.75 Å². The van der Waals surface area contributed by atoms with E-state index in [0.29, 0.717) is 18.0 Å². The number of carbonyl (C=O) groups is 1. The van der Waals surface area contributed by atoms with Crippen molar-refractivity contribution < 1.29 is 14.8 Å². The number of thioether (sulfide) groups is 1. The predicted molar refractivity (Wildman–Crippen MR) is 122 cm³/mol. The van der Waals surface area contributed by atoms with Crippen LogP contribution >= 0.6 is 11.8 Å². The number of nitrogens with two attached hydrogens (primary N) is 1. The highest BCUT2D eigenvalue weighted by atomic mass is 32.2. The van der Waals surface area contributed by atoms with Crippen molar-refractivity contribution in [1.82, 2.24) is 0 Å². The topological polar surface area (TPSA) is 54.9 Å². The third-order valence-corrected chi connectivity index (χ3v) is 6.44. The van der Waals surface area contributed by atoms with E-state index in [4.69, 9.17) is 4.74 Å². The predicted octanol–water partition coefficient (Wildman–Crippen LogP) is 4.57. The van der Waals surface area contributed by atoms with E-state index in [0.717, 1.165) is 17.7 Å². The average molecular weight is 420 g/mol. The van der Waals surface area contributed by atoms with Crippen molar-refractivity contribution in [1.29, 1.82) is 0 Å². The Morgan fingerprint density at radius 1 is 1.07 bits per heavy atom. The van der Waals surface area contributed by atoms with Gasteiger partial charge in [0.2, 0.25) is 0 Å². The molecule has 3 aromatic carbocycles. The van der Waals surface area contributed by atoms with Crippen molar-refractivity contribution in [3.05, 3.63) is 90.0 Å². The number of hydrogen-bond acceptors (Lipinski definition) is 3. The maximum absolute atomic E-state index is 13.5. The SMILES string of the molecule is CCOc1ccccc1NC(=O)[C@@H]([NH2+][C@H]1CCSc2ccccc21)c1ccccc1. The summed E-state index contributed by atoms with van der Waals surface area (Å²) in [5.74, 6) is 1.72. The first-order chi connectivity index (χ1) is 14.8. The monoisotopic (exact) mass is 419 g/mol. The molecule has 4 rings (SSSR count). The molecular weight excluding hydrogens is 392 g/mol. The van der Waals surface area contributed by atoms with Crippen LogP contribution in [0.25, 0.3) is 0 Å². The lowest BCUT2D eigenvalue weighted by Crippen LogP contribution is -2.88. The number of nitrogens with one attached hydrogen (secondary N) is 1. The Kier molecular flexibility index (Phi) is 6.72. The number of rotatable bonds is 7. The zero-order valence-electron chi connectivity index (χ0n) is 17.1. The Balaban J connectivity index is 1.61. The highest BCUT2D eigenvalue weighted by Crippen LogP contribution is 2.34. The normalized spacial score (nSPS) is 16.4. The van der Waals surface area contributed by atoms with Crippen molar-refractivity contribution in [2.45, 2.75) is 30.3 Å². The summed E-state index contributed by atoms with van der Waals surface area (Å²) in [6.45, 7) is 2.50. The van der Waals surface area contributed by atoms with Gasteiger partial charge in [-0.15, -0.1) is 11.8 Å². The Labute approximate surface area is 182 Å². The molecule has 0 unspecified atom stereocenters. The van der Waals surface area contributed by atoms with Gasteiger partial charge in [-0.25, -0.2) is 0 Å². The number of anilines is 1. The number of carbonyl (C=O) groups excluding carboxylic acids is 1. The van der Waals surface area contributed by atoms with E-state index in [1.807, 2.05) is 73.3 Å². The van der Waals surface area contributed by atoms with Crippen LogP contribution in [0.15, 0.2) is 83.8 Å². The smallest absolute Gasteiger partial charge is 0.287 e. The molecule has 154 valence electrons. The van der Waals surface area contributed by atoms with Gasteiger partial charge in [-0.1, -0.05) is 60.7 Å². The second-order valence-corrected chi connectivity index (χ2v) is 8.42. The fourth-order valence-electron chi connectivity index (χ4n) is 3.87. The van der Waals surface area contributed by atoms with Crippen molar-refractivity contribution in [3.8, 4) is 5.75 Å². The molecule has 3 N–H and O–H groups in total. The molecule has 0 saturated carbocycles. The fourth-order valence-corrected chi connectivity index (χ4v) is 5.03. The van der Waals surface area contributed by atoms with E-state index >= 15 is 0 Å². The number of fused-ring (bicyclic) bond motifs is 1. The molecule has 30 heavy (non-hydrogen) atoms. The first-order valence-corrected chi connectivity index (χ1v) is 11.4. The van der Waals surface area contributed by atoms with E-state index < -0.39 is 0 Å². The maximum Gasteiger partial charge on any atom is 0.287 e. The van der Waals surface area contributed by atoms with Crippen molar-refractivity contribution in [2.75, 3.05) is 17.7 Å². The van der Waals surface area contributed by atoms with E-state index in [1.54, 1.807) is 0 Å². The molecule has 1 aliphatic rings. The van der Waals surface area contributed by atoms with Crippen molar-refractivity contribution in [2.24, 2.45) is 0 Å². The minimum Gasteiger partial charge on any atom is -0.492 e. The molecule has 4 nitrogen and oxygen atoms in total. The minimum absolute atomic E-state index is 0.0379. The second kappa shape index (κ2) is 9.83. The van der Waals surface area contributed by atoms with E-state index in [9.17, 15) is 4.79 Å². The van der Waals surface area contributed by atoms with Crippen LogP contribution in [-0.4, -0.2) is 18.3 Å². The lowest BCUT2D eigenvalue weighted by atomic mass is 9.99. The highest BCUT2D eigenvalue weighted by molar-refractivity contribution is 7.99. The van der Waals surface area contributed by atoms with Gasteiger partial charge in [-0.05, 0) is 25.1 Å². The lowest BCUT2D eigenvalue weighted by molar-refractivity contribution is -0.722. The summed E-state index contributed by atoms with van der Waals surface area (Å²) in [5, 5.41) is 5.32. The van der Waals surface area contributed by atoms with Crippen LogP contribution in [0.4, 0.5) is 5.69 Å². The third-order valence-electron chi connectivity index (χ3n) is 5.32. The Hall–Kier alpha value is -2.76. The molecule has 1 heterocycles. The van der Waals surface area contributed by atoms with Crippen LogP contribution in [0, 0.1) is 0 Å². The van der Waals surface area contributed by atoms with E-state index in [1.165, 1.54) is 10.5 Å². The first-order valence-electron chi connectivity index (χ1n) is 10.4. The molecule has 2 atom stereocenters. The van der Waals surface area contributed by atoms with Crippen LogP contribution in [0.2, 0.25) is 0 Å². The lowest BCUT2D eigenvalue weighted by Gasteiger charge is -2.27. The Morgan fingerprint density at radius 3 is 2.63 bits per heavy atom.